The first kappa shape index (κ1) is 14.6. The van der Waals surface area contributed by atoms with E-state index in [2.05, 4.69) is 4.72 Å². The molecule has 0 atom stereocenters. The van der Waals surface area contributed by atoms with Crippen molar-refractivity contribution in [1.29, 1.82) is 5.26 Å². The van der Waals surface area contributed by atoms with Gasteiger partial charge in [0.15, 0.2) is 0 Å². The maximum absolute atomic E-state index is 13.1. The summed E-state index contributed by atoms with van der Waals surface area (Å²) in [6, 6.07) is 4.71. The number of benzene rings is 1. The molecule has 1 aromatic carbocycles. The van der Waals surface area contributed by atoms with E-state index in [0.29, 0.717) is 13.0 Å². The van der Waals surface area contributed by atoms with Crippen molar-refractivity contribution in [3.8, 4) is 6.07 Å². The monoisotopic (exact) mass is 271 g/mol. The number of rotatable bonds is 6. The smallest absolute Gasteiger partial charge is 0.240 e. The molecule has 0 aliphatic heterocycles. The Kier molecular flexibility index (Phi) is 5.22. The zero-order valence-corrected chi connectivity index (χ0v) is 10.5. The maximum atomic E-state index is 13.1. The van der Waals surface area contributed by atoms with Crippen LogP contribution in [0.5, 0.6) is 0 Å². The number of sulfonamides is 1. The summed E-state index contributed by atoms with van der Waals surface area (Å²) in [7, 11) is -3.70. The van der Waals surface area contributed by atoms with E-state index in [1.807, 2.05) is 0 Å². The van der Waals surface area contributed by atoms with Crippen molar-refractivity contribution in [2.24, 2.45) is 5.73 Å². The zero-order chi connectivity index (χ0) is 13.6. The van der Waals surface area contributed by atoms with E-state index in [1.54, 1.807) is 6.07 Å². The van der Waals surface area contributed by atoms with Crippen LogP contribution in [0.2, 0.25) is 0 Å². The van der Waals surface area contributed by atoms with E-state index in [0.717, 1.165) is 24.6 Å². The summed E-state index contributed by atoms with van der Waals surface area (Å²) < 4.78 is 39.0. The number of halogens is 1. The van der Waals surface area contributed by atoms with E-state index < -0.39 is 15.8 Å². The Balaban J connectivity index is 2.83. The molecule has 0 fully saturated rings. The molecule has 18 heavy (non-hydrogen) atoms. The fraction of sp³-hybridized carbons (Fsp3) is 0.364. The van der Waals surface area contributed by atoms with E-state index >= 15 is 0 Å². The van der Waals surface area contributed by atoms with Crippen LogP contribution in [0.1, 0.15) is 18.4 Å². The molecule has 1 aromatic rings. The minimum Gasteiger partial charge on any atom is -0.330 e. The van der Waals surface area contributed by atoms with Crippen molar-refractivity contribution >= 4 is 10.0 Å². The van der Waals surface area contributed by atoms with Gasteiger partial charge in [0.05, 0.1) is 10.5 Å². The number of hydrogen-bond acceptors (Lipinski definition) is 4. The normalized spacial score (nSPS) is 11.2. The summed E-state index contributed by atoms with van der Waals surface area (Å²) in [6.07, 6.45) is 1.34. The molecular weight excluding hydrogens is 257 g/mol. The first-order valence-corrected chi connectivity index (χ1v) is 6.89. The van der Waals surface area contributed by atoms with Gasteiger partial charge in [-0.1, -0.05) is 0 Å². The topological polar surface area (TPSA) is 96.0 Å². The van der Waals surface area contributed by atoms with Gasteiger partial charge in [0, 0.05) is 6.54 Å². The Morgan fingerprint density at radius 3 is 2.72 bits per heavy atom. The number of nitrogens with one attached hydrogen (secondary N) is 1. The standard InChI is InChI=1S/C11H14FN3O2S/c12-11-4-3-10(7-9(11)8-14)18(16,17)15-6-2-1-5-13/h3-4,7,15H,1-2,5-6,13H2. The van der Waals surface area contributed by atoms with Crippen LogP contribution in [0.15, 0.2) is 23.1 Å². The van der Waals surface area contributed by atoms with Gasteiger partial charge in [-0.3, -0.25) is 0 Å². The van der Waals surface area contributed by atoms with E-state index in [9.17, 15) is 12.8 Å². The predicted molar refractivity (Wildman–Crippen MR) is 64.6 cm³/mol. The van der Waals surface area contributed by atoms with Gasteiger partial charge in [-0.25, -0.2) is 17.5 Å². The molecule has 0 aliphatic rings. The van der Waals surface area contributed by atoms with Crippen LogP contribution in [-0.4, -0.2) is 21.5 Å². The molecule has 98 valence electrons. The van der Waals surface area contributed by atoms with Gasteiger partial charge in [0.25, 0.3) is 0 Å². The maximum Gasteiger partial charge on any atom is 0.240 e. The number of nitrogens with zero attached hydrogens (tertiary/aromatic N) is 1. The van der Waals surface area contributed by atoms with Crippen LogP contribution < -0.4 is 10.5 Å². The first-order valence-electron chi connectivity index (χ1n) is 5.40. The molecule has 0 aliphatic carbocycles. The van der Waals surface area contributed by atoms with Crippen LogP contribution >= 0.6 is 0 Å². The van der Waals surface area contributed by atoms with Crippen molar-refractivity contribution < 1.29 is 12.8 Å². The minimum atomic E-state index is -3.70. The molecule has 0 heterocycles. The molecule has 1 rings (SSSR count). The molecule has 7 heteroatoms. The summed E-state index contributed by atoms with van der Waals surface area (Å²) in [4.78, 5) is -0.117. The van der Waals surface area contributed by atoms with Gasteiger partial charge in [-0.05, 0) is 37.6 Å². The Hall–Kier alpha value is -1.49. The van der Waals surface area contributed by atoms with Crippen molar-refractivity contribution in [2.45, 2.75) is 17.7 Å². The Morgan fingerprint density at radius 1 is 1.39 bits per heavy atom. The van der Waals surface area contributed by atoms with Crippen LogP contribution in [0.4, 0.5) is 4.39 Å². The van der Waals surface area contributed by atoms with E-state index in [1.165, 1.54) is 0 Å². The lowest BCUT2D eigenvalue weighted by Crippen LogP contribution is -2.25. The quantitative estimate of drug-likeness (QED) is 0.745. The number of unbranched alkanes of at least 4 members (excludes halogenated alkanes) is 1. The molecule has 0 bridgehead atoms. The van der Waals surface area contributed by atoms with Crippen molar-refractivity contribution in [1.82, 2.24) is 4.72 Å². The lowest BCUT2D eigenvalue weighted by Gasteiger charge is -2.06. The number of nitriles is 1. The Labute approximate surface area is 105 Å². The molecular formula is C11H14FN3O2S. The summed E-state index contributed by atoms with van der Waals surface area (Å²) in [5.74, 6) is -0.736. The molecule has 0 saturated carbocycles. The van der Waals surface area contributed by atoms with Gasteiger partial charge < -0.3 is 5.73 Å². The second-order valence-electron chi connectivity index (χ2n) is 3.65. The van der Waals surface area contributed by atoms with Gasteiger partial charge in [0.1, 0.15) is 11.9 Å². The summed E-state index contributed by atoms with van der Waals surface area (Å²) in [6.45, 7) is 0.760. The van der Waals surface area contributed by atoms with E-state index in [-0.39, 0.29) is 17.0 Å². The van der Waals surface area contributed by atoms with Crippen molar-refractivity contribution in [2.75, 3.05) is 13.1 Å². The lowest BCUT2D eigenvalue weighted by molar-refractivity contribution is 0.576. The largest absolute Gasteiger partial charge is 0.330 e. The first-order chi connectivity index (χ1) is 8.51. The molecule has 0 aromatic heterocycles. The average Bonchev–Trinajstić information content (AvgIpc) is 2.35. The highest BCUT2D eigenvalue weighted by atomic mass is 32.2. The van der Waals surface area contributed by atoms with Crippen LogP contribution in [0.25, 0.3) is 0 Å². The lowest BCUT2D eigenvalue weighted by atomic mass is 10.2. The van der Waals surface area contributed by atoms with Crippen molar-refractivity contribution in [3.63, 3.8) is 0 Å². The second-order valence-corrected chi connectivity index (χ2v) is 5.41. The molecule has 0 spiro atoms. The SMILES string of the molecule is N#Cc1cc(S(=O)(=O)NCCCCN)ccc1F. The van der Waals surface area contributed by atoms with Gasteiger partial charge in [-0.2, -0.15) is 5.26 Å². The second kappa shape index (κ2) is 6.44. The highest BCUT2D eigenvalue weighted by Crippen LogP contribution is 2.14. The highest BCUT2D eigenvalue weighted by Gasteiger charge is 2.15. The molecule has 0 saturated heterocycles. The summed E-state index contributed by atoms with van der Waals surface area (Å²) >= 11 is 0. The molecule has 0 unspecified atom stereocenters. The summed E-state index contributed by atoms with van der Waals surface area (Å²) in [5.41, 5.74) is 5.00. The zero-order valence-electron chi connectivity index (χ0n) is 9.69. The third-order valence-electron chi connectivity index (χ3n) is 2.29. The Morgan fingerprint density at radius 2 is 2.11 bits per heavy atom. The fourth-order valence-corrected chi connectivity index (χ4v) is 2.42. The van der Waals surface area contributed by atoms with Crippen LogP contribution in [0.3, 0.4) is 0 Å². The van der Waals surface area contributed by atoms with Gasteiger partial charge >= 0.3 is 0 Å². The average molecular weight is 271 g/mol. The Bertz CT molecular complexity index is 552. The van der Waals surface area contributed by atoms with Crippen LogP contribution in [-0.2, 0) is 10.0 Å². The molecule has 3 N–H and O–H groups in total. The molecule has 0 radical (unpaired) electrons. The predicted octanol–water partition coefficient (Wildman–Crippen LogP) is 0.715. The highest BCUT2D eigenvalue weighted by molar-refractivity contribution is 7.89. The summed E-state index contributed by atoms with van der Waals surface area (Å²) in [5, 5.41) is 8.64. The van der Waals surface area contributed by atoms with E-state index in [4.69, 9.17) is 11.0 Å². The van der Waals surface area contributed by atoms with Crippen LogP contribution in [0, 0.1) is 17.1 Å². The molecule has 5 nitrogen and oxygen atoms in total. The third-order valence-corrected chi connectivity index (χ3v) is 3.75. The van der Waals surface area contributed by atoms with Gasteiger partial charge in [0.2, 0.25) is 10.0 Å². The molecule has 0 amide bonds. The minimum absolute atomic E-state index is 0.117. The number of hydrogen-bond donors (Lipinski definition) is 2. The van der Waals surface area contributed by atoms with Gasteiger partial charge in [-0.15, -0.1) is 0 Å². The number of nitrogens with two attached hydrogens (primary N) is 1. The third kappa shape index (κ3) is 3.77. The van der Waals surface area contributed by atoms with Crippen molar-refractivity contribution in [3.05, 3.63) is 29.6 Å². The fourth-order valence-electron chi connectivity index (χ4n) is 1.32.